The molecule has 1 atom stereocenters. The van der Waals surface area contributed by atoms with Crippen LogP contribution in [0.2, 0.25) is 5.15 Å². The van der Waals surface area contributed by atoms with E-state index >= 15 is 0 Å². The van der Waals surface area contributed by atoms with Crippen LogP contribution in [0.1, 0.15) is 37.3 Å². The molecule has 0 fully saturated rings. The van der Waals surface area contributed by atoms with Crippen molar-refractivity contribution in [2.75, 3.05) is 0 Å². The lowest BCUT2D eigenvalue weighted by Crippen LogP contribution is -1.92. The molecule has 0 aliphatic rings. The Balaban J connectivity index is 2.17. The zero-order chi connectivity index (χ0) is 13.8. The molecule has 0 amide bonds. The summed E-state index contributed by atoms with van der Waals surface area (Å²) in [6.07, 6.45) is 2.85. The van der Waals surface area contributed by atoms with E-state index in [1.54, 1.807) is 12.3 Å². The molecule has 2 aromatic rings. The van der Waals surface area contributed by atoms with E-state index in [-0.39, 0.29) is 0 Å². The molecule has 2 rings (SSSR count). The van der Waals surface area contributed by atoms with Crippen molar-refractivity contribution in [3.05, 3.63) is 52.8 Å². The molecule has 0 saturated carbocycles. The monoisotopic (exact) mass is 275 g/mol. The fraction of sp³-hybridized carbons (Fsp3) is 0.312. The van der Waals surface area contributed by atoms with Gasteiger partial charge in [0.15, 0.2) is 0 Å². The Morgan fingerprint density at radius 1 is 1.26 bits per heavy atom. The van der Waals surface area contributed by atoms with E-state index in [0.29, 0.717) is 11.1 Å². The number of hydrogen-bond donors (Lipinski definition) is 0. The molecule has 3 heteroatoms. The summed E-state index contributed by atoms with van der Waals surface area (Å²) in [5.41, 5.74) is 2.30. The van der Waals surface area contributed by atoms with Crippen molar-refractivity contribution in [1.82, 2.24) is 4.98 Å². The van der Waals surface area contributed by atoms with Crippen molar-refractivity contribution >= 4 is 11.6 Å². The van der Waals surface area contributed by atoms with Gasteiger partial charge in [-0.3, -0.25) is 0 Å². The highest BCUT2D eigenvalue weighted by molar-refractivity contribution is 6.29. The van der Waals surface area contributed by atoms with Crippen LogP contribution in [0.4, 0.5) is 0 Å². The minimum atomic E-state index is 0.442. The van der Waals surface area contributed by atoms with Gasteiger partial charge in [-0.15, -0.1) is 0 Å². The Labute approximate surface area is 119 Å². The zero-order valence-electron chi connectivity index (χ0n) is 11.5. The third-order valence-corrected chi connectivity index (χ3v) is 3.52. The number of hydrogen-bond acceptors (Lipinski definition) is 2. The van der Waals surface area contributed by atoms with Crippen LogP contribution in [0, 0.1) is 6.92 Å². The lowest BCUT2D eigenvalue weighted by molar-refractivity contribution is 0.477. The van der Waals surface area contributed by atoms with Gasteiger partial charge in [0.05, 0.1) is 0 Å². The number of aromatic nitrogens is 1. The van der Waals surface area contributed by atoms with Gasteiger partial charge in [-0.1, -0.05) is 37.6 Å². The van der Waals surface area contributed by atoms with Crippen molar-refractivity contribution in [2.45, 2.75) is 33.1 Å². The summed E-state index contributed by atoms with van der Waals surface area (Å²) in [5.74, 6) is 2.14. The molecular weight excluding hydrogens is 258 g/mol. The van der Waals surface area contributed by atoms with Crippen LogP contribution >= 0.6 is 11.6 Å². The molecule has 0 aliphatic heterocycles. The highest BCUT2D eigenvalue weighted by Crippen LogP contribution is 2.28. The summed E-state index contributed by atoms with van der Waals surface area (Å²) >= 11 is 5.88. The SMILES string of the molecule is CCC(C)c1ccc(Oc2cc(Cl)ncc2C)cc1. The summed E-state index contributed by atoms with van der Waals surface area (Å²) < 4.78 is 5.83. The van der Waals surface area contributed by atoms with Crippen LogP contribution in [-0.4, -0.2) is 4.98 Å². The molecule has 1 heterocycles. The van der Waals surface area contributed by atoms with E-state index in [9.17, 15) is 0 Å². The number of pyridine rings is 1. The Hall–Kier alpha value is -1.54. The van der Waals surface area contributed by atoms with Crippen molar-refractivity contribution < 1.29 is 4.74 Å². The van der Waals surface area contributed by atoms with Crippen LogP contribution in [-0.2, 0) is 0 Å². The number of halogens is 1. The first-order chi connectivity index (χ1) is 9.10. The molecule has 1 unspecified atom stereocenters. The average molecular weight is 276 g/mol. The first-order valence-electron chi connectivity index (χ1n) is 6.50. The standard InChI is InChI=1S/C16H18ClNO/c1-4-11(2)13-5-7-14(8-6-13)19-15-9-16(17)18-10-12(15)3/h5-11H,4H2,1-3H3. The normalized spacial score (nSPS) is 12.2. The predicted octanol–water partition coefficient (Wildman–Crippen LogP) is 5.35. The van der Waals surface area contributed by atoms with E-state index in [1.807, 2.05) is 19.1 Å². The highest BCUT2D eigenvalue weighted by atomic mass is 35.5. The van der Waals surface area contributed by atoms with Gasteiger partial charge in [0, 0.05) is 17.8 Å². The van der Waals surface area contributed by atoms with Crippen molar-refractivity contribution in [3.8, 4) is 11.5 Å². The maximum Gasteiger partial charge on any atom is 0.134 e. The number of aryl methyl sites for hydroxylation is 1. The van der Waals surface area contributed by atoms with Crippen LogP contribution < -0.4 is 4.74 Å². The molecule has 1 aromatic carbocycles. The molecule has 0 N–H and O–H groups in total. The maximum atomic E-state index is 5.88. The van der Waals surface area contributed by atoms with Gasteiger partial charge >= 0.3 is 0 Å². The van der Waals surface area contributed by atoms with E-state index in [4.69, 9.17) is 16.3 Å². The Morgan fingerprint density at radius 2 is 1.95 bits per heavy atom. The van der Waals surface area contributed by atoms with E-state index in [0.717, 1.165) is 23.5 Å². The van der Waals surface area contributed by atoms with Crippen LogP contribution in [0.3, 0.4) is 0 Å². The third-order valence-electron chi connectivity index (χ3n) is 3.31. The van der Waals surface area contributed by atoms with Crippen molar-refractivity contribution in [1.29, 1.82) is 0 Å². The van der Waals surface area contributed by atoms with Gasteiger partial charge in [0.1, 0.15) is 16.7 Å². The van der Waals surface area contributed by atoms with Gasteiger partial charge < -0.3 is 4.74 Å². The average Bonchev–Trinajstić information content (AvgIpc) is 2.43. The van der Waals surface area contributed by atoms with Gasteiger partial charge in [0.2, 0.25) is 0 Å². The van der Waals surface area contributed by atoms with Crippen LogP contribution in [0.25, 0.3) is 0 Å². The van der Waals surface area contributed by atoms with Gasteiger partial charge in [-0.25, -0.2) is 4.98 Å². The molecular formula is C16H18ClNO. The second-order valence-electron chi connectivity index (χ2n) is 4.75. The summed E-state index contributed by atoms with van der Waals surface area (Å²) in [5, 5.41) is 0.442. The van der Waals surface area contributed by atoms with Crippen molar-refractivity contribution in [3.63, 3.8) is 0 Å². The van der Waals surface area contributed by atoms with E-state index < -0.39 is 0 Å². The smallest absolute Gasteiger partial charge is 0.134 e. The molecule has 19 heavy (non-hydrogen) atoms. The molecule has 0 spiro atoms. The largest absolute Gasteiger partial charge is 0.457 e. The summed E-state index contributed by atoms with van der Waals surface area (Å²) in [7, 11) is 0. The first-order valence-corrected chi connectivity index (χ1v) is 6.88. The third kappa shape index (κ3) is 3.48. The van der Waals surface area contributed by atoms with Crippen LogP contribution in [0.5, 0.6) is 11.5 Å². The minimum Gasteiger partial charge on any atom is -0.457 e. The number of ether oxygens (including phenoxy) is 1. The second kappa shape index (κ2) is 6.07. The second-order valence-corrected chi connectivity index (χ2v) is 5.14. The zero-order valence-corrected chi connectivity index (χ0v) is 12.2. The topological polar surface area (TPSA) is 22.1 Å². The fourth-order valence-electron chi connectivity index (χ4n) is 1.82. The quantitative estimate of drug-likeness (QED) is 0.702. The maximum absolute atomic E-state index is 5.88. The molecule has 2 nitrogen and oxygen atoms in total. The van der Waals surface area contributed by atoms with Gasteiger partial charge in [-0.2, -0.15) is 0 Å². The fourth-order valence-corrected chi connectivity index (χ4v) is 1.97. The Bertz CT molecular complexity index is 551. The van der Waals surface area contributed by atoms with Gasteiger partial charge in [0.25, 0.3) is 0 Å². The number of benzene rings is 1. The molecule has 0 bridgehead atoms. The Kier molecular flexibility index (Phi) is 4.43. The molecule has 100 valence electrons. The van der Waals surface area contributed by atoms with Crippen molar-refractivity contribution in [2.24, 2.45) is 0 Å². The highest BCUT2D eigenvalue weighted by Gasteiger charge is 2.05. The molecule has 0 saturated heterocycles. The lowest BCUT2D eigenvalue weighted by Gasteiger charge is -2.11. The molecule has 1 aromatic heterocycles. The van der Waals surface area contributed by atoms with Crippen LogP contribution in [0.15, 0.2) is 36.5 Å². The summed E-state index contributed by atoms with van der Waals surface area (Å²) in [6, 6.07) is 9.95. The Morgan fingerprint density at radius 3 is 2.58 bits per heavy atom. The predicted molar refractivity (Wildman–Crippen MR) is 79.2 cm³/mol. The minimum absolute atomic E-state index is 0.442. The first kappa shape index (κ1) is 13.9. The van der Waals surface area contributed by atoms with Gasteiger partial charge in [-0.05, 0) is 37.0 Å². The lowest BCUT2D eigenvalue weighted by atomic mass is 9.99. The molecule has 0 radical (unpaired) electrons. The number of rotatable bonds is 4. The van der Waals surface area contributed by atoms with E-state index in [1.165, 1.54) is 5.56 Å². The number of nitrogens with zero attached hydrogens (tertiary/aromatic N) is 1. The summed E-state index contributed by atoms with van der Waals surface area (Å²) in [4.78, 5) is 4.01. The molecule has 0 aliphatic carbocycles. The summed E-state index contributed by atoms with van der Waals surface area (Å²) in [6.45, 7) is 6.37. The van der Waals surface area contributed by atoms with E-state index in [2.05, 4.69) is 31.0 Å².